The molecule has 6 nitrogen and oxygen atoms in total. The van der Waals surface area contributed by atoms with Gasteiger partial charge in [-0.2, -0.15) is 0 Å². The molecule has 0 bridgehead atoms. The van der Waals surface area contributed by atoms with Crippen LogP contribution in [0.1, 0.15) is 44.9 Å². The second-order valence-corrected chi connectivity index (χ2v) is 7.11. The maximum absolute atomic E-state index is 11.4. The van der Waals surface area contributed by atoms with Crippen molar-refractivity contribution < 1.29 is 19.8 Å². The molecule has 1 aliphatic heterocycles. The highest BCUT2D eigenvalue weighted by Crippen LogP contribution is 2.25. The van der Waals surface area contributed by atoms with E-state index in [2.05, 4.69) is 17.1 Å². The van der Waals surface area contributed by atoms with E-state index in [0.29, 0.717) is 5.17 Å². The Bertz CT molecular complexity index is 486. The number of hydrogen-bond donors (Lipinski definition) is 2. The molecule has 0 radical (unpaired) electrons. The van der Waals surface area contributed by atoms with Crippen LogP contribution in [-0.4, -0.2) is 56.6 Å². The molecule has 2 N–H and O–H groups in total. The summed E-state index contributed by atoms with van der Waals surface area (Å²) in [4.78, 5) is 29.2. The summed E-state index contributed by atoms with van der Waals surface area (Å²) in [5.74, 6) is -2.19. The van der Waals surface area contributed by atoms with Crippen molar-refractivity contribution in [2.45, 2.75) is 56.2 Å². The van der Waals surface area contributed by atoms with Crippen LogP contribution >= 0.6 is 11.8 Å². The summed E-state index contributed by atoms with van der Waals surface area (Å²) in [5, 5.41) is 18.0. The number of aliphatic carboxylic acids is 2. The van der Waals surface area contributed by atoms with Gasteiger partial charge in [0.2, 0.25) is 0 Å². The van der Waals surface area contributed by atoms with Gasteiger partial charge in [-0.05, 0) is 38.5 Å². The molecule has 2 unspecified atom stereocenters. The van der Waals surface area contributed by atoms with Crippen LogP contribution in [0.25, 0.3) is 0 Å². The van der Waals surface area contributed by atoms with Crippen molar-refractivity contribution in [1.82, 2.24) is 4.90 Å². The van der Waals surface area contributed by atoms with Crippen LogP contribution in [0.15, 0.2) is 17.1 Å². The SMILES string of the molecule is O=C(O)CC(SC(=NC1CC=CCC1)N1CCCCC1)C(=O)O. The predicted molar refractivity (Wildman–Crippen MR) is 90.9 cm³/mol. The Morgan fingerprint density at radius 3 is 2.52 bits per heavy atom. The predicted octanol–water partition coefficient (Wildman–Crippen LogP) is 2.60. The van der Waals surface area contributed by atoms with E-state index >= 15 is 0 Å². The third kappa shape index (κ3) is 5.89. The molecule has 1 fully saturated rings. The summed E-state index contributed by atoms with van der Waals surface area (Å²) >= 11 is 1.10. The zero-order valence-electron chi connectivity index (χ0n) is 13.2. The summed E-state index contributed by atoms with van der Waals surface area (Å²) in [7, 11) is 0. The van der Waals surface area contributed by atoms with Gasteiger partial charge >= 0.3 is 11.9 Å². The average molecular weight is 340 g/mol. The molecule has 0 aromatic carbocycles. The third-order valence-corrected chi connectivity index (χ3v) is 5.27. The van der Waals surface area contributed by atoms with Crippen LogP contribution < -0.4 is 0 Å². The third-order valence-electron chi connectivity index (χ3n) is 4.04. The second kappa shape index (κ2) is 8.96. The van der Waals surface area contributed by atoms with Gasteiger partial charge in [-0.15, -0.1) is 0 Å². The van der Waals surface area contributed by atoms with Crippen molar-refractivity contribution in [3.63, 3.8) is 0 Å². The van der Waals surface area contributed by atoms with Gasteiger partial charge in [0, 0.05) is 13.1 Å². The van der Waals surface area contributed by atoms with Gasteiger partial charge in [0.25, 0.3) is 0 Å². The number of rotatable bonds is 5. The van der Waals surface area contributed by atoms with Gasteiger partial charge < -0.3 is 15.1 Å². The van der Waals surface area contributed by atoms with Crippen molar-refractivity contribution in [3.8, 4) is 0 Å². The molecule has 0 spiro atoms. The summed E-state index contributed by atoms with van der Waals surface area (Å²) in [6.07, 6.45) is 10.0. The van der Waals surface area contributed by atoms with E-state index in [-0.39, 0.29) is 6.04 Å². The number of piperidine rings is 1. The molecule has 0 saturated carbocycles. The van der Waals surface area contributed by atoms with Gasteiger partial charge in [-0.25, -0.2) is 0 Å². The fourth-order valence-electron chi connectivity index (χ4n) is 2.79. The normalized spacial score (nSPS) is 23.6. The van der Waals surface area contributed by atoms with E-state index in [1.54, 1.807) is 0 Å². The first-order valence-electron chi connectivity index (χ1n) is 8.15. The zero-order chi connectivity index (χ0) is 16.7. The number of carboxylic acid groups (broad SMARTS) is 2. The Morgan fingerprint density at radius 1 is 1.22 bits per heavy atom. The number of allylic oxidation sites excluding steroid dienone is 1. The number of aliphatic imine (C=N–C) groups is 1. The monoisotopic (exact) mass is 340 g/mol. The standard InChI is InChI=1S/C16H24N2O4S/c19-14(20)11-13(15(21)22)23-16(18-9-5-2-6-10-18)17-12-7-3-1-4-8-12/h1,3,12-13H,2,4-11H2,(H,19,20)(H,21,22). The van der Waals surface area contributed by atoms with Gasteiger partial charge in [0.05, 0.1) is 12.5 Å². The minimum absolute atomic E-state index is 0.170. The number of thioether (sulfide) groups is 1. The van der Waals surface area contributed by atoms with Crippen LogP contribution in [0.3, 0.4) is 0 Å². The van der Waals surface area contributed by atoms with Gasteiger partial charge in [-0.3, -0.25) is 14.6 Å². The van der Waals surface area contributed by atoms with Crippen LogP contribution in [0.4, 0.5) is 0 Å². The van der Waals surface area contributed by atoms with E-state index in [1.807, 2.05) is 0 Å². The van der Waals surface area contributed by atoms with Crippen molar-refractivity contribution in [2.75, 3.05) is 13.1 Å². The smallest absolute Gasteiger partial charge is 0.317 e. The molecule has 0 aromatic heterocycles. The Hall–Kier alpha value is -1.50. The largest absolute Gasteiger partial charge is 0.481 e. The Balaban J connectivity index is 2.13. The highest BCUT2D eigenvalue weighted by atomic mass is 32.2. The van der Waals surface area contributed by atoms with E-state index in [1.165, 1.54) is 6.42 Å². The summed E-state index contributed by atoms with van der Waals surface area (Å²) in [6.45, 7) is 1.74. The molecular formula is C16H24N2O4S. The molecule has 0 aromatic rings. The molecule has 2 aliphatic rings. The molecule has 128 valence electrons. The second-order valence-electron chi connectivity index (χ2n) is 5.94. The molecule has 2 atom stereocenters. The van der Waals surface area contributed by atoms with E-state index in [4.69, 9.17) is 10.1 Å². The number of nitrogens with zero attached hydrogens (tertiary/aromatic N) is 2. The Kier molecular flexibility index (Phi) is 6.95. The number of amidine groups is 1. The molecule has 1 heterocycles. The molecule has 2 rings (SSSR count). The first-order chi connectivity index (χ1) is 11.1. The topological polar surface area (TPSA) is 90.2 Å². The zero-order valence-corrected chi connectivity index (χ0v) is 14.0. The summed E-state index contributed by atoms with van der Waals surface area (Å²) < 4.78 is 0. The molecular weight excluding hydrogens is 316 g/mol. The fourth-order valence-corrected chi connectivity index (χ4v) is 3.91. The van der Waals surface area contributed by atoms with Crippen LogP contribution in [0.2, 0.25) is 0 Å². The lowest BCUT2D eigenvalue weighted by molar-refractivity contribution is -0.142. The maximum atomic E-state index is 11.4. The number of likely N-dealkylation sites (tertiary alicyclic amines) is 1. The maximum Gasteiger partial charge on any atom is 0.317 e. The molecule has 1 aliphatic carbocycles. The number of carbonyl (C=O) groups is 2. The van der Waals surface area contributed by atoms with E-state index in [0.717, 1.165) is 57.0 Å². The molecule has 1 saturated heterocycles. The Morgan fingerprint density at radius 2 is 1.96 bits per heavy atom. The van der Waals surface area contributed by atoms with Crippen LogP contribution in [0.5, 0.6) is 0 Å². The van der Waals surface area contributed by atoms with Gasteiger partial charge in [-0.1, -0.05) is 23.9 Å². The highest BCUT2D eigenvalue weighted by molar-refractivity contribution is 8.14. The Labute approximate surface area is 140 Å². The highest BCUT2D eigenvalue weighted by Gasteiger charge is 2.27. The van der Waals surface area contributed by atoms with Gasteiger partial charge in [0.1, 0.15) is 5.25 Å². The fraction of sp³-hybridized carbons (Fsp3) is 0.688. The van der Waals surface area contributed by atoms with Crippen molar-refractivity contribution >= 4 is 28.9 Å². The lowest BCUT2D eigenvalue weighted by Crippen LogP contribution is -2.37. The lowest BCUT2D eigenvalue weighted by atomic mass is 10.0. The first kappa shape index (κ1) is 17.8. The summed E-state index contributed by atoms with van der Waals surface area (Å²) in [6, 6.07) is 0.170. The van der Waals surface area contributed by atoms with Crippen LogP contribution in [0, 0.1) is 0 Å². The number of hydrogen-bond acceptors (Lipinski definition) is 4. The minimum Gasteiger partial charge on any atom is -0.481 e. The number of carboxylic acids is 2. The molecule has 7 heteroatoms. The average Bonchev–Trinajstić information content (AvgIpc) is 2.54. The van der Waals surface area contributed by atoms with Crippen LogP contribution in [-0.2, 0) is 9.59 Å². The van der Waals surface area contributed by atoms with E-state index < -0.39 is 23.6 Å². The lowest BCUT2D eigenvalue weighted by Gasteiger charge is -2.31. The first-order valence-corrected chi connectivity index (χ1v) is 9.03. The van der Waals surface area contributed by atoms with Crippen molar-refractivity contribution in [1.29, 1.82) is 0 Å². The van der Waals surface area contributed by atoms with Crippen molar-refractivity contribution in [2.24, 2.45) is 4.99 Å². The molecule has 0 amide bonds. The van der Waals surface area contributed by atoms with Gasteiger partial charge in [0.15, 0.2) is 5.17 Å². The quantitative estimate of drug-likeness (QED) is 0.454. The minimum atomic E-state index is -1.09. The van der Waals surface area contributed by atoms with Crippen molar-refractivity contribution in [3.05, 3.63) is 12.2 Å². The summed E-state index contributed by atoms with van der Waals surface area (Å²) in [5.41, 5.74) is 0. The van der Waals surface area contributed by atoms with E-state index in [9.17, 15) is 14.7 Å². The molecule has 23 heavy (non-hydrogen) atoms.